The molecule has 0 radical (unpaired) electrons. The quantitative estimate of drug-likeness (QED) is 0.436. The molecule has 2 N–H and O–H groups in total. The van der Waals surface area contributed by atoms with Gasteiger partial charge in [-0.05, 0) is 71.9 Å². The summed E-state index contributed by atoms with van der Waals surface area (Å²) in [5, 5.41) is 6.19. The van der Waals surface area contributed by atoms with E-state index in [0.717, 1.165) is 36.8 Å². The van der Waals surface area contributed by atoms with Crippen molar-refractivity contribution in [2.24, 2.45) is 32.5 Å². The van der Waals surface area contributed by atoms with E-state index in [4.69, 9.17) is 0 Å². The molecule has 6 heteroatoms. The van der Waals surface area contributed by atoms with E-state index in [1.807, 2.05) is 62.4 Å². The third-order valence-corrected chi connectivity index (χ3v) is 12.9. The fraction of sp³-hybridized carbons (Fsp3) is 0.529. The van der Waals surface area contributed by atoms with Gasteiger partial charge in [0.15, 0.2) is 0 Å². The second-order valence-corrected chi connectivity index (χ2v) is 14.3. The molecule has 0 unspecified atom stereocenters. The zero-order chi connectivity index (χ0) is 28.9. The van der Waals surface area contributed by atoms with Crippen LogP contribution >= 0.6 is 0 Å². The van der Waals surface area contributed by atoms with Gasteiger partial charge in [0.25, 0.3) is 0 Å². The number of benzene rings is 2. The van der Waals surface area contributed by atoms with Crippen molar-refractivity contribution in [3.05, 3.63) is 48.5 Å². The average Bonchev–Trinajstić information content (AvgIpc) is 3.38. The Bertz CT molecular complexity index is 1340. The molecule has 6 nitrogen and oxygen atoms in total. The molecule has 4 aliphatic rings. The minimum Gasteiger partial charge on any atom is -0.326 e. The maximum absolute atomic E-state index is 13.5. The van der Waals surface area contributed by atoms with Crippen molar-refractivity contribution >= 4 is 34.8 Å². The van der Waals surface area contributed by atoms with Crippen molar-refractivity contribution in [1.82, 2.24) is 0 Å². The maximum atomic E-state index is 13.5. The first-order valence-electron chi connectivity index (χ1n) is 14.5. The van der Waals surface area contributed by atoms with Crippen LogP contribution in [0.25, 0.3) is 11.1 Å². The van der Waals surface area contributed by atoms with E-state index < -0.39 is 21.7 Å². The number of carbonyl (C=O) groups is 4. The number of carbonyl (C=O) groups excluding carboxylic acids is 4. The zero-order valence-electron chi connectivity index (χ0n) is 24.5. The molecule has 4 aliphatic carbocycles. The fourth-order valence-corrected chi connectivity index (χ4v) is 8.71. The number of Topliss-reactive ketones (excluding diaryl/α,β-unsaturated/α-hetero) is 2. The van der Waals surface area contributed by atoms with E-state index in [9.17, 15) is 19.2 Å². The molecular weight excluding hydrogens is 500 g/mol. The average molecular weight is 541 g/mol. The zero-order valence-corrected chi connectivity index (χ0v) is 24.5. The summed E-state index contributed by atoms with van der Waals surface area (Å²) in [5.74, 6) is 0.287. The molecule has 0 aliphatic heterocycles. The number of hydrogen-bond acceptors (Lipinski definition) is 4. The molecule has 4 bridgehead atoms. The number of anilines is 2. The smallest absolute Gasteiger partial charge is 0.231 e. The molecule has 0 saturated heterocycles. The Morgan fingerprint density at radius 2 is 0.875 bits per heavy atom. The van der Waals surface area contributed by atoms with E-state index in [0.29, 0.717) is 24.2 Å². The van der Waals surface area contributed by atoms with Crippen LogP contribution in [0.4, 0.5) is 11.4 Å². The summed E-state index contributed by atoms with van der Waals surface area (Å²) in [6.45, 7) is 12.3. The van der Waals surface area contributed by atoms with Gasteiger partial charge in [0, 0.05) is 35.0 Å². The molecular formula is C34H40N2O4. The topological polar surface area (TPSA) is 92.3 Å². The Morgan fingerprint density at radius 3 is 1.12 bits per heavy atom. The standard InChI is InChI=1S/C34H40N2O4/c1-29(2)31(5)15-17-33(29,19-25(31)37)27(39)35-23-11-7-21(8-12-23)22-9-13-24(14-10-22)36-28(40)34-18-16-32(6,26(38)20-34)30(34,3)4/h7-14H,15-20H2,1-6H3,(H,35,39)(H,36,40)/t31-,32-,33+,34+/m1/s1. The number of rotatable bonds is 5. The maximum Gasteiger partial charge on any atom is 0.231 e. The van der Waals surface area contributed by atoms with Gasteiger partial charge in [-0.15, -0.1) is 0 Å². The highest BCUT2D eigenvalue weighted by molar-refractivity contribution is 6.05. The van der Waals surface area contributed by atoms with Gasteiger partial charge < -0.3 is 10.6 Å². The highest BCUT2D eigenvalue weighted by Gasteiger charge is 2.73. The minimum atomic E-state index is -0.657. The Morgan fingerprint density at radius 1 is 0.550 bits per heavy atom. The number of ketones is 2. The van der Waals surface area contributed by atoms with E-state index in [2.05, 4.69) is 38.3 Å². The number of fused-ring (bicyclic) bond motifs is 4. The molecule has 40 heavy (non-hydrogen) atoms. The van der Waals surface area contributed by atoms with Gasteiger partial charge in [-0.3, -0.25) is 19.2 Å². The van der Waals surface area contributed by atoms with Gasteiger partial charge in [0.1, 0.15) is 11.6 Å². The number of hydrogen-bond donors (Lipinski definition) is 2. The van der Waals surface area contributed by atoms with E-state index in [1.165, 1.54) is 0 Å². The van der Waals surface area contributed by atoms with Crippen molar-refractivity contribution in [2.45, 2.75) is 80.1 Å². The van der Waals surface area contributed by atoms with Crippen molar-refractivity contribution in [1.29, 1.82) is 0 Å². The predicted molar refractivity (Wildman–Crippen MR) is 155 cm³/mol. The highest BCUT2D eigenvalue weighted by atomic mass is 16.2. The van der Waals surface area contributed by atoms with E-state index >= 15 is 0 Å². The van der Waals surface area contributed by atoms with Gasteiger partial charge in [-0.1, -0.05) is 65.8 Å². The molecule has 210 valence electrons. The van der Waals surface area contributed by atoms with Crippen LogP contribution in [0.1, 0.15) is 80.1 Å². The largest absolute Gasteiger partial charge is 0.326 e. The molecule has 6 rings (SSSR count). The summed E-state index contributed by atoms with van der Waals surface area (Å²) in [6.07, 6.45) is 3.64. The first kappa shape index (κ1) is 26.9. The minimum absolute atomic E-state index is 0.0610. The summed E-state index contributed by atoms with van der Waals surface area (Å²) in [4.78, 5) is 52.5. The van der Waals surface area contributed by atoms with Gasteiger partial charge >= 0.3 is 0 Å². The summed E-state index contributed by atoms with van der Waals surface area (Å²) in [6, 6.07) is 15.5. The van der Waals surface area contributed by atoms with E-state index in [1.54, 1.807) is 0 Å². The summed E-state index contributed by atoms with van der Waals surface area (Å²) >= 11 is 0. The lowest BCUT2D eigenvalue weighted by molar-refractivity contribution is -0.131. The number of amides is 2. The molecule has 4 atom stereocenters. The molecule has 2 amide bonds. The van der Waals surface area contributed by atoms with Crippen LogP contribution in [0.15, 0.2) is 48.5 Å². The summed E-state index contributed by atoms with van der Waals surface area (Å²) < 4.78 is 0. The predicted octanol–water partition coefficient (Wildman–Crippen LogP) is 6.80. The van der Waals surface area contributed by atoms with Crippen molar-refractivity contribution < 1.29 is 19.2 Å². The summed E-state index contributed by atoms with van der Waals surface area (Å²) in [5.41, 5.74) is 0.489. The molecule has 0 heterocycles. The van der Waals surface area contributed by atoms with Crippen LogP contribution in [-0.4, -0.2) is 23.4 Å². The fourth-order valence-electron chi connectivity index (χ4n) is 8.71. The lowest BCUT2D eigenvalue weighted by Crippen LogP contribution is -2.43. The van der Waals surface area contributed by atoms with Crippen molar-refractivity contribution in [3.63, 3.8) is 0 Å². The van der Waals surface area contributed by atoms with Gasteiger partial charge in [-0.25, -0.2) is 0 Å². The van der Waals surface area contributed by atoms with Gasteiger partial charge in [-0.2, -0.15) is 0 Å². The van der Waals surface area contributed by atoms with Crippen LogP contribution in [0.5, 0.6) is 0 Å². The molecule has 4 fully saturated rings. The van der Waals surface area contributed by atoms with Crippen LogP contribution in [0.2, 0.25) is 0 Å². The third kappa shape index (κ3) is 3.11. The SMILES string of the molecule is CC1(C)[C@@]2(C(=O)Nc3ccc(-c4ccc(NC(=O)[C@]56CC[C@](C)(C(=O)C5)C6(C)C)cc4)cc3)CC[C@]1(C)C(=O)C2. The van der Waals surface area contributed by atoms with Crippen LogP contribution in [0, 0.1) is 32.5 Å². The number of nitrogens with one attached hydrogen (secondary N) is 2. The van der Waals surface area contributed by atoms with Crippen molar-refractivity contribution in [2.75, 3.05) is 10.6 Å². The Balaban J connectivity index is 1.13. The molecule has 0 aromatic heterocycles. The van der Waals surface area contributed by atoms with Crippen LogP contribution in [0.3, 0.4) is 0 Å². The highest BCUT2D eigenvalue weighted by Crippen LogP contribution is 2.71. The second-order valence-electron chi connectivity index (χ2n) is 14.3. The molecule has 2 aromatic rings. The van der Waals surface area contributed by atoms with Crippen LogP contribution in [-0.2, 0) is 19.2 Å². The molecule has 2 aromatic carbocycles. The Hall–Kier alpha value is -3.28. The lowest BCUT2D eigenvalue weighted by atomic mass is 9.64. The van der Waals surface area contributed by atoms with Gasteiger partial charge in [0.2, 0.25) is 11.8 Å². The Labute approximate surface area is 236 Å². The van der Waals surface area contributed by atoms with Gasteiger partial charge in [0.05, 0.1) is 10.8 Å². The first-order valence-corrected chi connectivity index (χ1v) is 14.5. The lowest BCUT2D eigenvalue weighted by Gasteiger charge is -2.38. The molecule has 0 spiro atoms. The molecule has 4 saturated carbocycles. The summed E-state index contributed by atoms with van der Waals surface area (Å²) in [7, 11) is 0. The third-order valence-electron chi connectivity index (χ3n) is 12.9. The normalized spacial score (nSPS) is 34.8. The van der Waals surface area contributed by atoms with Crippen LogP contribution < -0.4 is 10.6 Å². The van der Waals surface area contributed by atoms with E-state index in [-0.39, 0.29) is 34.2 Å². The Kier molecular flexibility index (Phi) is 5.48. The first-order chi connectivity index (χ1) is 18.6. The monoisotopic (exact) mass is 540 g/mol. The second kappa shape index (κ2) is 8.14. The van der Waals surface area contributed by atoms with Crippen molar-refractivity contribution in [3.8, 4) is 11.1 Å².